The fourth-order valence-corrected chi connectivity index (χ4v) is 3.39. The number of carbonyl (C=O) groups excluding carboxylic acids is 2. The fourth-order valence-electron chi connectivity index (χ4n) is 3.39. The van der Waals surface area contributed by atoms with Crippen LogP contribution in [-0.4, -0.2) is 53.1 Å². The summed E-state index contributed by atoms with van der Waals surface area (Å²) in [6, 6.07) is 16.6. The molecule has 0 atom stereocenters. The summed E-state index contributed by atoms with van der Waals surface area (Å²) in [7, 11) is 0. The van der Waals surface area contributed by atoms with Crippen molar-refractivity contribution in [2.75, 3.05) is 36.8 Å². The summed E-state index contributed by atoms with van der Waals surface area (Å²) >= 11 is 0. The number of phenolic OH excluding ortho intramolecular Hbond substituents is 1. The number of nitrogens with zero attached hydrogens (tertiary/aromatic N) is 2. The molecule has 1 aromatic heterocycles. The van der Waals surface area contributed by atoms with Crippen molar-refractivity contribution in [3.05, 3.63) is 65.7 Å². The Bertz CT molecular complexity index is 1120. The van der Waals surface area contributed by atoms with Crippen molar-refractivity contribution in [3.8, 4) is 17.1 Å². The van der Waals surface area contributed by atoms with Crippen molar-refractivity contribution in [2.24, 2.45) is 0 Å². The molecule has 0 saturated heterocycles. The number of aryl methyl sites for hydroxylation is 1. The van der Waals surface area contributed by atoms with E-state index in [-0.39, 0.29) is 17.6 Å². The number of phenols is 1. The molecule has 1 heterocycles. The quantitative estimate of drug-likeness (QED) is 0.254. The first-order valence-corrected chi connectivity index (χ1v) is 11.6. The average molecular weight is 477 g/mol. The zero-order valence-electron chi connectivity index (χ0n) is 20.1. The molecule has 9 heteroatoms. The zero-order valence-corrected chi connectivity index (χ0v) is 20.1. The van der Waals surface area contributed by atoms with Crippen LogP contribution in [0.2, 0.25) is 0 Å². The highest BCUT2D eigenvalue weighted by Gasteiger charge is 2.12. The Hall–Kier alpha value is -4.14. The second kappa shape index (κ2) is 12.9. The molecule has 0 spiro atoms. The van der Waals surface area contributed by atoms with E-state index in [4.69, 9.17) is 4.98 Å². The predicted octanol–water partition coefficient (Wildman–Crippen LogP) is 2.87. The molecule has 0 radical (unpaired) electrons. The molecule has 0 saturated carbocycles. The van der Waals surface area contributed by atoms with Crippen LogP contribution in [0.5, 0.6) is 5.75 Å². The van der Waals surface area contributed by atoms with Crippen LogP contribution in [0.15, 0.2) is 54.6 Å². The van der Waals surface area contributed by atoms with Gasteiger partial charge >= 0.3 is 0 Å². The Labute approximate surface area is 205 Å². The summed E-state index contributed by atoms with van der Waals surface area (Å²) in [5, 5.41) is 21.6. The molecule has 3 aromatic rings. The van der Waals surface area contributed by atoms with Gasteiger partial charge in [0.15, 0.2) is 5.82 Å². The molecule has 0 fully saturated rings. The minimum Gasteiger partial charge on any atom is -0.508 e. The normalized spacial score (nSPS) is 10.5. The number of aromatic hydroxyl groups is 1. The van der Waals surface area contributed by atoms with Crippen LogP contribution in [0.25, 0.3) is 11.4 Å². The van der Waals surface area contributed by atoms with E-state index >= 15 is 0 Å². The van der Waals surface area contributed by atoms with Crippen LogP contribution in [0, 0.1) is 6.92 Å². The highest BCUT2D eigenvalue weighted by molar-refractivity contribution is 5.76. The Morgan fingerprint density at radius 1 is 0.829 bits per heavy atom. The molecule has 184 valence electrons. The Morgan fingerprint density at radius 2 is 1.43 bits per heavy atom. The first-order chi connectivity index (χ1) is 16.9. The van der Waals surface area contributed by atoms with Gasteiger partial charge in [0.1, 0.15) is 17.4 Å². The number of anilines is 2. The van der Waals surface area contributed by atoms with Crippen molar-refractivity contribution in [1.82, 2.24) is 20.6 Å². The largest absolute Gasteiger partial charge is 0.508 e. The first-order valence-electron chi connectivity index (χ1n) is 11.6. The standard InChI is InChI=1S/C26H32N6O3/c1-18-24(29-16-14-27-19(2)33)31-26(21-6-4-3-5-7-21)32-25(18)30-17-15-28-23(35)13-10-20-8-11-22(34)12-9-20/h3-9,11-12,34H,10,13-17H2,1-2H3,(H,27,33)(H,28,35)(H2,29,30,31,32). The summed E-state index contributed by atoms with van der Waals surface area (Å²) in [5.41, 5.74) is 2.74. The van der Waals surface area contributed by atoms with Crippen LogP contribution >= 0.6 is 0 Å². The zero-order chi connectivity index (χ0) is 25.0. The molecule has 0 bridgehead atoms. The van der Waals surface area contributed by atoms with Crippen LogP contribution < -0.4 is 21.3 Å². The van der Waals surface area contributed by atoms with Crippen LogP contribution in [0.4, 0.5) is 11.6 Å². The maximum Gasteiger partial charge on any atom is 0.220 e. The average Bonchev–Trinajstić information content (AvgIpc) is 2.86. The summed E-state index contributed by atoms with van der Waals surface area (Å²) in [5.74, 6) is 2.04. The Morgan fingerprint density at radius 3 is 2.03 bits per heavy atom. The van der Waals surface area contributed by atoms with E-state index in [9.17, 15) is 14.7 Å². The maximum absolute atomic E-state index is 12.2. The van der Waals surface area contributed by atoms with Crippen LogP contribution in [0.3, 0.4) is 0 Å². The number of nitrogens with one attached hydrogen (secondary N) is 4. The van der Waals surface area contributed by atoms with Gasteiger partial charge in [-0.05, 0) is 31.0 Å². The molecule has 2 amide bonds. The highest BCUT2D eigenvalue weighted by Crippen LogP contribution is 2.24. The van der Waals surface area contributed by atoms with Gasteiger partial charge in [-0.25, -0.2) is 9.97 Å². The van der Waals surface area contributed by atoms with Gasteiger partial charge in [-0.3, -0.25) is 9.59 Å². The first kappa shape index (κ1) is 25.5. The second-order valence-electron chi connectivity index (χ2n) is 8.09. The molecule has 0 aliphatic heterocycles. The lowest BCUT2D eigenvalue weighted by Gasteiger charge is -2.16. The number of hydrogen-bond acceptors (Lipinski definition) is 7. The lowest BCUT2D eigenvalue weighted by molar-refractivity contribution is -0.121. The monoisotopic (exact) mass is 476 g/mol. The van der Waals surface area contributed by atoms with E-state index in [0.29, 0.717) is 56.5 Å². The summed E-state index contributed by atoms with van der Waals surface area (Å²) < 4.78 is 0. The van der Waals surface area contributed by atoms with Crippen LogP contribution in [0.1, 0.15) is 24.5 Å². The van der Waals surface area contributed by atoms with E-state index in [1.807, 2.05) is 49.4 Å². The van der Waals surface area contributed by atoms with Gasteiger partial charge in [0.25, 0.3) is 0 Å². The number of rotatable bonds is 12. The summed E-state index contributed by atoms with van der Waals surface area (Å²) in [4.78, 5) is 32.7. The van der Waals surface area contributed by atoms with Gasteiger partial charge in [-0.15, -0.1) is 0 Å². The minimum absolute atomic E-state index is 0.0374. The predicted molar refractivity (Wildman–Crippen MR) is 137 cm³/mol. The highest BCUT2D eigenvalue weighted by atomic mass is 16.3. The Kier molecular flexibility index (Phi) is 9.41. The minimum atomic E-state index is -0.0800. The molecule has 3 rings (SSSR count). The molecular formula is C26H32N6O3. The van der Waals surface area contributed by atoms with Crippen molar-refractivity contribution >= 4 is 23.5 Å². The maximum atomic E-state index is 12.2. The lowest BCUT2D eigenvalue weighted by atomic mass is 10.1. The van der Waals surface area contributed by atoms with E-state index in [1.165, 1.54) is 6.92 Å². The van der Waals surface area contributed by atoms with Crippen molar-refractivity contribution in [1.29, 1.82) is 0 Å². The van der Waals surface area contributed by atoms with E-state index in [2.05, 4.69) is 26.3 Å². The fraction of sp³-hybridized carbons (Fsp3) is 0.308. The second-order valence-corrected chi connectivity index (χ2v) is 8.09. The van der Waals surface area contributed by atoms with Gasteiger partial charge in [-0.1, -0.05) is 42.5 Å². The third-order valence-electron chi connectivity index (χ3n) is 5.29. The van der Waals surface area contributed by atoms with Crippen molar-refractivity contribution in [2.45, 2.75) is 26.7 Å². The molecule has 2 aromatic carbocycles. The molecular weight excluding hydrogens is 444 g/mol. The molecule has 5 N–H and O–H groups in total. The van der Waals surface area contributed by atoms with Crippen molar-refractivity contribution < 1.29 is 14.7 Å². The summed E-state index contributed by atoms with van der Waals surface area (Å²) in [6.45, 7) is 5.37. The SMILES string of the molecule is CC(=O)NCCNc1nc(-c2ccccc2)nc(NCCNC(=O)CCc2ccc(O)cc2)c1C. The number of hydrogen-bond donors (Lipinski definition) is 5. The number of carbonyl (C=O) groups is 2. The third kappa shape index (κ3) is 8.29. The molecule has 0 aliphatic rings. The van der Waals surface area contributed by atoms with Crippen LogP contribution in [-0.2, 0) is 16.0 Å². The van der Waals surface area contributed by atoms with Crippen molar-refractivity contribution in [3.63, 3.8) is 0 Å². The van der Waals surface area contributed by atoms with Gasteiger partial charge in [-0.2, -0.15) is 0 Å². The third-order valence-corrected chi connectivity index (χ3v) is 5.29. The molecule has 0 unspecified atom stereocenters. The topological polar surface area (TPSA) is 128 Å². The summed E-state index contributed by atoms with van der Waals surface area (Å²) in [6.07, 6.45) is 0.982. The van der Waals surface area contributed by atoms with E-state index in [0.717, 1.165) is 16.7 Å². The lowest BCUT2D eigenvalue weighted by Crippen LogP contribution is -2.29. The van der Waals surface area contributed by atoms with Gasteiger partial charge in [0, 0.05) is 50.7 Å². The molecule has 9 nitrogen and oxygen atoms in total. The number of amides is 2. The Balaban J connectivity index is 1.57. The number of benzene rings is 2. The van der Waals surface area contributed by atoms with E-state index < -0.39 is 0 Å². The smallest absolute Gasteiger partial charge is 0.220 e. The molecule has 0 aliphatic carbocycles. The van der Waals surface area contributed by atoms with E-state index in [1.54, 1.807) is 12.1 Å². The van der Waals surface area contributed by atoms with Gasteiger partial charge < -0.3 is 26.4 Å². The molecule has 35 heavy (non-hydrogen) atoms. The number of aromatic nitrogens is 2. The van der Waals surface area contributed by atoms with Gasteiger partial charge in [0.05, 0.1) is 0 Å². The van der Waals surface area contributed by atoms with Gasteiger partial charge in [0.2, 0.25) is 11.8 Å².